The summed E-state index contributed by atoms with van der Waals surface area (Å²) in [6.45, 7) is 0.770. The zero-order valence-corrected chi connectivity index (χ0v) is 12.2. The molecule has 0 atom stereocenters. The Morgan fingerprint density at radius 1 is 0.909 bits per heavy atom. The molecular weight excluding hydrogens is 274 g/mol. The van der Waals surface area contributed by atoms with Crippen LogP contribution in [-0.2, 0) is 6.54 Å². The average Bonchev–Trinajstić information content (AvgIpc) is 3.07. The molecular formula is C19H15NO2. The number of carbonyl (C=O) groups excluding carboxylic acids is 1. The van der Waals surface area contributed by atoms with Crippen molar-refractivity contribution in [1.29, 1.82) is 0 Å². The molecule has 1 heterocycles. The third kappa shape index (κ3) is 1.94. The Kier molecular flexibility index (Phi) is 2.86. The molecule has 108 valence electrons. The van der Waals surface area contributed by atoms with Crippen LogP contribution < -0.4 is 4.74 Å². The second-order valence-corrected chi connectivity index (χ2v) is 5.48. The van der Waals surface area contributed by atoms with E-state index >= 15 is 0 Å². The summed E-state index contributed by atoms with van der Waals surface area (Å²) >= 11 is 0. The zero-order chi connectivity index (χ0) is 15.1. The number of rotatable bonds is 3. The lowest BCUT2D eigenvalue weighted by Gasteiger charge is -2.05. The van der Waals surface area contributed by atoms with Gasteiger partial charge in [-0.25, -0.2) is 0 Å². The van der Waals surface area contributed by atoms with Gasteiger partial charge in [0.05, 0.1) is 7.11 Å². The van der Waals surface area contributed by atoms with Gasteiger partial charge in [-0.2, -0.15) is 0 Å². The molecule has 1 aromatic heterocycles. The molecule has 1 aliphatic carbocycles. The topological polar surface area (TPSA) is 31.2 Å². The fourth-order valence-electron chi connectivity index (χ4n) is 3.01. The molecule has 2 aromatic carbocycles. The molecule has 0 amide bonds. The van der Waals surface area contributed by atoms with Crippen LogP contribution in [0.2, 0.25) is 0 Å². The lowest BCUT2D eigenvalue weighted by Crippen LogP contribution is -1.99. The number of hydrogen-bond acceptors (Lipinski definition) is 2. The van der Waals surface area contributed by atoms with E-state index in [0.717, 1.165) is 34.5 Å². The van der Waals surface area contributed by atoms with Gasteiger partial charge >= 0.3 is 0 Å². The summed E-state index contributed by atoms with van der Waals surface area (Å²) in [5.41, 5.74) is 4.74. The lowest BCUT2D eigenvalue weighted by molar-refractivity contribution is 0.104. The van der Waals surface area contributed by atoms with Gasteiger partial charge in [-0.05, 0) is 29.3 Å². The van der Waals surface area contributed by atoms with Crippen LogP contribution in [0.4, 0.5) is 0 Å². The Bertz CT molecular complexity index is 862. The van der Waals surface area contributed by atoms with Gasteiger partial charge in [-0.15, -0.1) is 0 Å². The fourth-order valence-corrected chi connectivity index (χ4v) is 3.01. The standard InChI is InChI=1S/C19H15NO2/c1-22-14-7-8-15-16(9-14)19(21)18-12-20(11-17(15)18)10-13-5-3-2-4-6-13/h2-9,11-12H,10H2,1H3. The van der Waals surface area contributed by atoms with E-state index in [-0.39, 0.29) is 5.78 Å². The number of fused-ring (bicyclic) bond motifs is 3. The van der Waals surface area contributed by atoms with E-state index in [0.29, 0.717) is 0 Å². The molecule has 3 heteroatoms. The largest absolute Gasteiger partial charge is 0.497 e. The first-order valence-corrected chi connectivity index (χ1v) is 7.23. The first-order valence-electron chi connectivity index (χ1n) is 7.23. The van der Waals surface area contributed by atoms with Gasteiger partial charge < -0.3 is 9.30 Å². The summed E-state index contributed by atoms with van der Waals surface area (Å²) in [5, 5.41) is 0. The van der Waals surface area contributed by atoms with Gasteiger partial charge in [0.2, 0.25) is 0 Å². The molecule has 0 bridgehead atoms. The van der Waals surface area contributed by atoms with E-state index < -0.39 is 0 Å². The predicted molar refractivity (Wildman–Crippen MR) is 85.4 cm³/mol. The summed E-state index contributed by atoms with van der Waals surface area (Å²) in [7, 11) is 1.61. The maximum Gasteiger partial charge on any atom is 0.195 e. The Balaban J connectivity index is 1.73. The van der Waals surface area contributed by atoms with Crippen LogP contribution in [0.15, 0.2) is 60.9 Å². The molecule has 1 aliphatic rings. The minimum absolute atomic E-state index is 0.0794. The molecule has 0 spiro atoms. The van der Waals surface area contributed by atoms with Crippen LogP contribution in [0.5, 0.6) is 5.75 Å². The van der Waals surface area contributed by atoms with Crippen LogP contribution in [-0.4, -0.2) is 17.5 Å². The maximum atomic E-state index is 12.6. The van der Waals surface area contributed by atoms with Gasteiger partial charge in [-0.3, -0.25) is 4.79 Å². The molecule has 0 aliphatic heterocycles. The van der Waals surface area contributed by atoms with Crippen molar-refractivity contribution in [3.8, 4) is 16.9 Å². The third-order valence-electron chi connectivity index (χ3n) is 4.09. The number of ketones is 1. The molecule has 0 N–H and O–H groups in total. The Labute approximate surface area is 128 Å². The van der Waals surface area contributed by atoms with E-state index in [1.54, 1.807) is 7.11 Å². The number of methoxy groups -OCH3 is 1. The zero-order valence-electron chi connectivity index (χ0n) is 12.2. The quantitative estimate of drug-likeness (QED) is 0.575. The summed E-state index contributed by atoms with van der Waals surface area (Å²) in [6, 6.07) is 15.9. The van der Waals surface area contributed by atoms with Gasteiger partial charge in [0.15, 0.2) is 5.78 Å². The predicted octanol–water partition coefficient (Wildman–Crippen LogP) is 3.76. The van der Waals surface area contributed by atoms with Crippen LogP contribution in [0.1, 0.15) is 21.5 Å². The molecule has 3 aromatic rings. The SMILES string of the molecule is COc1ccc2c(c1)C(=O)c1cn(Cc3ccccc3)cc1-2. The highest BCUT2D eigenvalue weighted by atomic mass is 16.5. The Morgan fingerprint density at radius 2 is 1.68 bits per heavy atom. The third-order valence-corrected chi connectivity index (χ3v) is 4.09. The van der Waals surface area contributed by atoms with E-state index in [9.17, 15) is 4.79 Å². The highest BCUT2D eigenvalue weighted by Crippen LogP contribution is 2.39. The molecule has 3 nitrogen and oxygen atoms in total. The molecule has 0 saturated carbocycles. The van der Waals surface area contributed by atoms with Gasteiger partial charge in [-0.1, -0.05) is 30.3 Å². The number of aromatic nitrogens is 1. The van der Waals surface area contributed by atoms with Crippen LogP contribution in [0, 0.1) is 0 Å². The summed E-state index contributed by atoms with van der Waals surface area (Å²) in [6.07, 6.45) is 4.00. The minimum Gasteiger partial charge on any atom is -0.497 e. The van der Waals surface area contributed by atoms with Crippen molar-refractivity contribution >= 4 is 5.78 Å². The number of carbonyl (C=O) groups is 1. The van der Waals surface area contributed by atoms with Gasteiger partial charge in [0.25, 0.3) is 0 Å². The first-order chi connectivity index (χ1) is 10.8. The number of hydrogen-bond donors (Lipinski definition) is 0. The van der Waals surface area contributed by atoms with Gasteiger partial charge in [0, 0.05) is 35.6 Å². The van der Waals surface area contributed by atoms with Crippen molar-refractivity contribution in [3.05, 3.63) is 77.6 Å². The van der Waals surface area contributed by atoms with Crippen molar-refractivity contribution in [2.45, 2.75) is 6.54 Å². The smallest absolute Gasteiger partial charge is 0.195 e. The van der Waals surface area contributed by atoms with Crippen LogP contribution in [0.3, 0.4) is 0 Å². The monoisotopic (exact) mass is 289 g/mol. The maximum absolute atomic E-state index is 12.6. The van der Waals surface area contributed by atoms with Crippen molar-refractivity contribution in [3.63, 3.8) is 0 Å². The fraction of sp³-hybridized carbons (Fsp3) is 0.105. The number of benzene rings is 2. The van der Waals surface area contributed by atoms with Crippen molar-refractivity contribution in [1.82, 2.24) is 4.57 Å². The van der Waals surface area contributed by atoms with Crippen molar-refractivity contribution < 1.29 is 9.53 Å². The summed E-state index contributed by atoms with van der Waals surface area (Å²) in [4.78, 5) is 12.6. The van der Waals surface area contributed by atoms with Crippen molar-refractivity contribution in [2.24, 2.45) is 0 Å². The van der Waals surface area contributed by atoms with E-state index in [2.05, 4.69) is 22.9 Å². The Morgan fingerprint density at radius 3 is 2.45 bits per heavy atom. The number of nitrogens with zero attached hydrogens (tertiary/aromatic N) is 1. The second kappa shape index (κ2) is 4.88. The van der Waals surface area contributed by atoms with Crippen molar-refractivity contribution in [2.75, 3.05) is 7.11 Å². The van der Waals surface area contributed by atoms with E-state index in [4.69, 9.17) is 4.74 Å². The molecule has 22 heavy (non-hydrogen) atoms. The van der Waals surface area contributed by atoms with Gasteiger partial charge in [0.1, 0.15) is 5.75 Å². The average molecular weight is 289 g/mol. The lowest BCUT2D eigenvalue weighted by atomic mass is 10.1. The number of ether oxygens (including phenoxy) is 1. The van der Waals surface area contributed by atoms with E-state index in [1.807, 2.05) is 42.6 Å². The summed E-state index contributed by atoms with van der Waals surface area (Å²) < 4.78 is 7.28. The Hall–Kier alpha value is -2.81. The van der Waals surface area contributed by atoms with Crippen LogP contribution >= 0.6 is 0 Å². The van der Waals surface area contributed by atoms with Crippen LogP contribution in [0.25, 0.3) is 11.1 Å². The summed E-state index contributed by atoms with van der Waals surface area (Å²) in [5.74, 6) is 0.796. The normalized spacial score (nSPS) is 12.1. The highest BCUT2D eigenvalue weighted by Gasteiger charge is 2.28. The molecule has 0 radical (unpaired) electrons. The second-order valence-electron chi connectivity index (χ2n) is 5.48. The molecule has 0 unspecified atom stereocenters. The molecule has 0 saturated heterocycles. The highest BCUT2D eigenvalue weighted by molar-refractivity contribution is 6.21. The first kappa shape index (κ1) is 12.9. The molecule has 4 rings (SSSR count). The minimum atomic E-state index is 0.0794. The molecule has 0 fully saturated rings. The van der Waals surface area contributed by atoms with E-state index in [1.165, 1.54) is 5.56 Å².